The number of hydrogen-bond acceptors (Lipinski definition) is 7. The lowest BCUT2D eigenvalue weighted by Gasteiger charge is -2.32. The molecule has 0 saturated heterocycles. The Kier molecular flexibility index (Phi) is 9.23. The Balaban J connectivity index is 2.00. The first-order valence-corrected chi connectivity index (χ1v) is 12.7. The molecular weight excluding hydrogens is 514 g/mol. The van der Waals surface area contributed by atoms with Crippen LogP contribution in [-0.4, -0.2) is 57.6 Å². The van der Waals surface area contributed by atoms with Crippen molar-refractivity contribution < 1.29 is 29.3 Å². The Bertz CT molecular complexity index is 1430. The zero-order valence-corrected chi connectivity index (χ0v) is 22.7. The lowest BCUT2D eigenvalue weighted by Crippen LogP contribution is -2.50. The van der Waals surface area contributed by atoms with Crippen LogP contribution >= 0.6 is 0 Å². The van der Waals surface area contributed by atoms with E-state index in [0.29, 0.717) is 24.1 Å². The summed E-state index contributed by atoms with van der Waals surface area (Å²) in [6.07, 6.45) is 0.862. The van der Waals surface area contributed by atoms with Crippen LogP contribution in [0.1, 0.15) is 70.4 Å². The number of pyridine rings is 1. The van der Waals surface area contributed by atoms with Crippen molar-refractivity contribution in [3.8, 4) is 17.0 Å². The van der Waals surface area contributed by atoms with Crippen molar-refractivity contribution in [3.05, 3.63) is 77.0 Å². The van der Waals surface area contributed by atoms with Gasteiger partial charge in [-0.25, -0.2) is 9.78 Å². The van der Waals surface area contributed by atoms with Gasteiger partial charge in [-0.3, -0.25) is 15.0 Å². The summed E-state index contributed by atoms with van der Waals surface area (Å²) in [4.78, 5) is 42.8. The molecule has 0 radical (unpaired) electrons. The van der Waals surface area contributed by atoms with E-state index in [0.717, 1.165) is 0 Å². The normalized spacial score (nSPS) is 11.8. The summed E-state index contributed by atoms with van der Waals surface area (Å²) in [5, 5.41) is 33.7. The zero-order valence-electron chi connectivity index (χ0n) is 22.7. The number of methoxy groups -OCH3 is 1. The van der Waals surface area contributed by atoms with Crippen LogP contribution in [0.3, 0.4) is 0 Å². The Morgan fingerprint density at radius 2 is 1.60 bits per heavy atom. The Morgan fingerprint density at radius 1 is 1.00 bits per heavy atom. The van der Waals surface area contributed by atoms with E-state index in [4.69, 9.17) is 15.9 Å². The number of rotatable bonds is 11. The van der Waals surface area contributed by atoms with E-state index in [9.17, 15) is 24.6 Å². The average molecular weight is 548 g/mol. The number of ether oxygens (including phenoxy) is 1. The number of aromatic nitrogens is 1. The van der Waals surface area contributed by atoms with Crippen LogP contribution in [0.5, 0.6) is 5.88 Å². The Morgan fingerprint density at radius 3 is 2.15 bits per heavy atom. The second-order valence-electron chi connectivity index (χ2n) is 9.27. The quantitative estimate of drug-likeness (QED) is 0.155. The molecule has 0 aliphatic carbocycles. The predicted octanol–water partition coefficient (Wildman–Crippen LogP) is 3.66. The number of aromatic carboxylic acids is 1. The van der Waals surface area contributed by atoms with Crippen molar-refractivity contribution in [2.24, 2.45) is 5.73 Å². The maximum absolute atomic E-state index is 13.3. The molecular formula is C29H33N5O6. The van der Waals surface area contributed by atoms with E-state index < -0.39 is 29.4 Å². The molecule has 0 bridgehead atoms. The molecule has 1 atom stereocenters. The van der Waals surface area contributed by atoms with Crippen LogP contribution in [0.2, 0.25) is 0 Å². The molecule has 1 aromatic heterocycles. The third-order valence-corrected chi connectivity index (χ3v) is 6.93. The second kappa shape index (κ2) is 12.4. The SMILES string of the molecule is CCC(O)(CC)C(C)NC(=O)c1ccc(-c2ccc(OC)nc2C(=O)Nc2ccc(C(=N)N)cc2)c(C(=O)O)c1. The number of anilines is 1. The summed E-state index contributed by atoms with van der Waals surface area (Å²) >= 11 is 0. The van der Waals surface area contributed by atoms with E-state index in [1.54, 1.807) is 31.2 Å². The summed E-state index contributed by atoms with van der Waals surface area (Å²) in [5.74, 6) is -2.45. The number of carboxylic acid groups (broad SMARTS) is 1. The predicted molar refractivity (Wildman–Crippen MR) is 151 cm³/mol. The molecule has 2 amide bonds. The lowest BCUT2D eigenvalue weighted by molar-refractivity contribution is 0.000667. The van der Waals surface area contributed by atoms with Gasteiger partial charge >= 0.3 is 5.97 Å². The van der Waals surface area contributed by atoms with E-state index in [1.807, 2.05) is 13.8 Å². The number of nitrogens with two attached hydrogens (primary N) is 1. The van der Waals surface area contributed by atoms with Gasteiger partial charge in [-0.2, -0.15) is 0 Å². The molecule has 3 aromatic rings. The first-order valence-electron chi connectivity index (χ1n) is 12.7. The third kappa shape index (κ3) is 6.44. The maximum Gasteiger partial charge on any atom is 0.336 e. The molecule has 11 heteroatoms. The van der Waals surface area contributed by atoms with E-state index in [-0.39, 0.29) is 39.7 Å². The number of hydrogen-bond donors (Lipinski definition) is 6. The van der Waals surface area contributed by atoms with Gasteiger partial charge in [0.15, 0.2) is 0 Å². The average Bonchev–Trinajstić information content (AvgIpc) is 2.96. The van der Waals surface area contributed by atoms with Crippen molar-refractivity contribution in [2.45, 2.75) is 45.3 Å². The number of amidine groups is 1. The second-order valence-corrected chi connectivity index (χ2v) is 9.27. The van der Waals surface area contributed by atoms with Gasteiger partial charge < -0.3 is 31.3 Å². The van der Waals surface area contributed by atoms with Gasteiger partial charge in [-0.1, -0.05) is 19.9 Å². The van der Waals surface area contributed by atoms with Gasteiger partial charge in [0.2, 0.25) is 5.88 Å². The van der Waals surface area contributed by atoms with Crippen LogP contribution in [0, 0.1) is 5.41 Å². The number of carbonyl (C=O) groups excluding carboxylic acids is 2. The summed E-state index contributed by atoms with van der Waals surface area (Å²) < 4.78 is 5.18. The molecule has 3 rings (SSSR count). The molecule has 11 nitrogen and oxygen atoms in total. The molecule has 0 aliphatic rings. The van der Waals surface area contributed by atoms with Crippen LogP contribution in [0.15, 0.2) is 54.6 Å². The van der Waals surface area contributed by atoms with Crippen LogP contribution < -0.4 is 21.1 Å². The van der Waals surface area contributed by atoms with Crippen LogP contribution in [0.25, 0.3) is 11.1 Å². The molecule has 40 heavy (non-hydrogen) atoms. The van der Waals surface area contributed by atoms with Crippen molar-refractivity contribution in [1.29, 1.82) is 5.41 Å². The van der Waals surface area contributed by atoms with Gasteiger partial charge in [0.05, 0.1) is 24.3 Å². The monoisotopic (exact) mass is 547 g/mol. The molecule has 7 N–H and O–H groups in total. The van der Waals surface area contributed by atoms with Gasteiger partial charge in [0.1, 0.15) is 11.5 Å². The standard InChI is InChI=1S/C29H33N5O6/c1-5-29(39,6-2)16(3)32-26(35)18-9-12-20(22(15-18)28(37)38)21-13-14-23(40-4)34-24(21)27(36)33-19-10-7-17(8-11-19)25(30)31/h7-16,39H,5-6H2,1-4H3,(H3,30,31)(H,32,35)(H,33,36)(H,37,38). The number of carboxylic acids is 1. The fraction of sp³-hybridized carbons (Fsp3) is 0.276. The van der Waals surface area contributed by atoms with Gasteiger partial charge in [0.25, 0.3) is 11.8 Å². The van der Waals surface area contributed by atoms with Crippen LogP contribution in [-0.2, 0) is 0 Å². The molecule has 1 unspecified atom stereocenters. The fourth-order valence-corrected chi connectivity index (χ4v) is 4.24. The topological polar surface area (TPSA) is 188 Å². The highest BCUT2D eigenvalue weighted by atomic mass is 16.5. The molecule has 210 valence electrons. The number of aliphatic hydroxyl groups is 1. The van der Waals surface area contributed by atoms with E-state index in [2.05, 4.69) is 15.6 Å². The van der Waals surface area contributed by atoms with Gasteiger partial charge in [0, 0.05) is 28.4 Å². The highest BCUT2D eigenvalue weighted by Gasteiger charge is 2.31. The molecule has 0 spiro atoms. The Hall–Kier alpha value is -4.77. The maximum atomic E-state index is 13.3. The third-order valence-electron chi connectivity index (χ3n) is 6.93. The largest absolute Gasteiger partial charge is 0.481 e. The minimum absolute atomic E-state index is 0.0839. The van der Waals surface area contributed by atoms with Crippen molar-refractivity contribution in [3.63, 3.8) is 0 Å². The molecule has 0 aliphatic heterocycles. The van der Waals surface area contributed by atoms with Crippen LogP contribution in [0.4, 0.5) is 5.69 Å². The number of nitrogens with zero attached hydrogens (tertiary/aromatic N) is 1. The van der Waals surface area contributed by atoms with Gasteiger partial charge in [-0.15, -0.1) is 0 Å². The van der Waals surface area contributed by atoms with Gasteiger partial charge in [-0.05, 0) is 67.8 Å². The number of nitrogens with one attached hydrogen (secondary N) is 3. The van der Waals surface area contributed by atoms with Crippen molar-refractivity contribution in [1.82, 2.24) is 10.3 Å². The first-order chi connectivity index (χ1) is 18.9. The summed E-state index contributed by atoms with van der Waals surface area (Å²) in [6.45, 7) is 5.33. The van der Waals surface area contributed by atoms with E-state index >= 15 is 0 Å². The lowest BCUT2D eigenvalue weighted by atomic mass is 9.89. The summed E-state index contributed by atoms with van der Waals surface area (Å²) in [5.41, 5.74) is 5.42. The van der Waals surface area contributed by atoms with Crippen molar-refractivity contribution >= 4 is 29.3 Å². The summed E-state index contributed by atoms with van der Waals surface area (Å²) in [7, 11) is 1.39. The first kappa shape index (κ1) is 29.8. The molecule has 2 aromatic carbocycles. The summed E-state index contributed by atoms with van der Waals surface area (Å²) in [6, 6.07) is 12.9. The van der Waals surface area contributed by atoms with E-state index in [1.165, 1.54) is 37.4 Å². The minimum atomic E-state index is -1.31. The minimum Gasteiger partial charge on any atom is -0.481 e. The molecule has 0 saturated carbocycles. The number of nitrogen functional groups attached to an aromatic ring is 1. The smallest absolute Gasteiger partial charge is 0.336 e. The highest BCUT2D eigenvalue weighted by Crippen LogP contribution is 2.30. The highest BCUT2D eigenvalue weighted by molar-refractivity contribution is 6.10. The number of amides is 2. The number of carbonyl (C=O) groups is 3. The fourth-order valence-electron chi connectivity index (χ4n) is 4.24. The zero-order chi connectivity index (χ0) is 29.6. The molecule has 1 heterocycles. The Labute approximate surface area is 231 Å². The molecule has 0 fully saturated rings. The van der Waals surface area contributed by atoms with Crippen molar-refractivity contribution in [2.75, 3.05) is 12.4 Å². The number of benzene rings is 2.